The quantitative estimate of drug-likeness (QED) is 0.521. The highest BCUT2D eigenvalue weighted by molar-refractivity contribution is 5.94. The average molecular weight is 459 g/mol. The largest absolute Gasteiger partial charge is 0.497 e. The van der Waals surface area contributed by atoms with Gasteiger partial charge in [0.05, 0.1) is 26.4 Å². The molecule has 1 N–H and O–H groups in total. The molecule has 1 aliphatic heterocycles. The van der Waals surface area contributed by atoms with Gasteiger partial charge in [0.15, 0.2) is 0 Å². The number of rotatable bonds is 12. The van der Waals surface area contributed by atoms with E-state index in [1.807, 2.05) is 54.6 Å². The van der Waals surface area contributed by atoms with Crippen molar-refractivity contribution in [1.29, 1.82) is 0 Å². The van der Waals surface area contributed by atoms with E-state index in [0.29, 0.717) is 50.7 Å². The fraction of sp³-hybridized carbons (Fsp3) is 0.480. The maximum absolute atomic E-state index is 13.0. The lowest BCUT2D eigenvalue weighted by Crippen LogP contribution is -2.51. The molecule has 0 saturated carbocycles. The van der Waals surface area contributed by atoms with Gasteiger partial charge in [-0.1, -0.05) is 18.2 Å². The van der Waals surface area contributed by atoms with Gasteiger partial charge >= 0.3 is 0 Å². The summed E-state index contributed by atoms with van der Waals surface area (Å²) in [5.41, 5.74) is 0.646. The lowest BCUT2D eigenvalue weighted by Gasteiger charge is -2.36. The first-order chi connectivity index (χ1) is 16.1. The second-order valence-electron chi connectivity index (χ2n) is 8.00. The van der Waals surface area contributed by atoms with Crippen LogP contribution in [-0.4, -0.2) is 99.8 Å². The number of aliphatic hydroxyl groups excluding tert-OH is 1. The Balaban J connectivity index is 1.49. The number of amides is 1. The Morgan fingerprint density at radius 3 is 2.58 bits per heavy atom. The van der Waals surface area contributed by atoms with Crippen molar-refractivity contribution in [3.8, 4) is 11.5 Å². The fourth-order valence-electron chi connectivity index (χ4n) is 3.76. The van der Waals surface area contributed by atoms with Crippen LogP contribution in [0.4, 0.5) is 0 Å². The molecule has 1 aliphatic rings. The summed E-state index contributed by atoms with van der Waals surface area (Å²) in [6, 6.07) is 16.5. The van der Waals surface area contributed by atoms with E-state index in [0.717, 1.165) is 12.3 Å². The van der Waals surface area contributed by atoms with Crippen LogP contribution in [-0.2, 0) is 9.47 Å². The number of aliphatic hydroxyl groups is 1. The number of morpholine rings is 1. The number of ether oxygens (including phenoxy) is 4. The molecule has 3 rings (SSSR count). The summed E-state index contributed by atoms with van der Waals surface area (Å²) in [7, 11) is 3.24. The Hall–Kier alpha value is -2.65. The van der Waals surface area contributed by atoms with E-state index in [1.165, 1.54) is 0 Å². The molecule has 1 fully saturated rings. The van der Waals surface area contributed by atoms with Gasteiger partial charge in [0.1, 0.15) is 24.2 Å². The Labute approximate surface area is 195 Å². The van der Waals surface area contributed by atoms with Crippen LogP contribution in [0.25, 0.3) is 0 Å². The maximum Gasteiger partial charge on any atom is 0.254 e. The maximum atomic E-state index is 13.0. The van der Waals surface area contributed by atoms with Gasteiger partial charge in [0, 0.05) is 45.4 Å². The van der Waals surface area contributed by atoms with Crippen molar-refractivity contribution in [2.45, 2.75) is 12.2 Å². The van der Waals surface area contributed by atoms with Gasteiger partial charge in [-0.15, -0.1) is 0 Å². The molecule has 180 valence electrons. The molecule has 0 unspecified atom stereocenters. The minimum Gasteiger partial charge on any atom is -0.497 e. The van der Waals surface area contributed by atoms with Crippen LogP contribution in [0, 0.1) is 0 Å². The summed E-state index contributed by atoms with van der Waals surface area (Å²) < 4.78 is 22.0. The van der Waals surface area contributed by atoms with Crippen molar-refractivity contribution in [3.63, 3.8) is 0 Å². The summed E-state index contributed by atoms with van der Waals surface area (Å²) in [6.45, 7) is 3.98. The van der Waals surface area contributed by atoms with E-state index in [9.17, 15) is 9.90 Å². The topological polar surface area (TPSA) is 80.7 Å². The zero-order chi connectivity index (χ0) is 23.5. The van der Waals surface area contributed by atoms with Crippen LogP contribution in [0.5, 0.6) is 11.5 Å². The van der Waals surface area contributed by atoms with Crippen molar-refractivity contribution in [3.05, 3.63) is 60.2 Å². The summed E-state index contributed by atoms with van der Waals surface area (Å²) in [4.78, 5) is 16.9. The summed E-state index contributed by atoms with van der Waals surface area (Å²) in [5.74, 6) is 1.40. The minimum atomic E-state index is -0.638. The van der Waals surface area contributed by atoms with Crippen LogP contribution < -0.4 is 9.47 Å². The van der Waals surface area contributed by atoms with Gasteiger partial charge in [0.25, 0.3) is 5.91 Å². The first-order valence-corrected chi connectivity index (χ1v) is 11.2. The molecule has 0 aromatic heterocycles. The zero-order valence-electron chi connectivity index (χ0n) is 19.4. The summed E-state index contributed by atoms with van der Waals surface area (Å²) in [5, 5.41) is 10.5. The molecule has 33 heavy (non-hydrogen) atoms. The number of methoxy groups -OCH3 is 2. The highest BCUT2D eigenvalue weighted by Gasteiger charge is 2.26. The Morgan fingerprint density at radius 1 is 1.15 bits per heavy atom. The molecule has 1 saturated heterocycles. The van der Waals surface area contributed by atoms with Crippen LogP contribution >= 0.6 is 0 Å². The summed E-state index contributed by atoms with van der Waals surface area (Å²) in [6.07, 6.45) is -0.778. The molecular weight excluding hydrogens is 424 g/mol. The first-order valence-electron chi connectivity index (χ1n) is 11.2. The molecule has 8 nitrogen and oxygen atoms in total. The van der Waals surface area contributed by atoms with Crippen molar-refractivity contribution in [1.82, 2.24) is 9.80 Å². The van der Waals surface area contributed by atoms with E-state index in [2.05, 4.69) is 4.90 Å². The number of hydrogen-bond donors (Lipinski definition) is 1. The Kier molecular flexibility index (Phi) is 9.96. The average Bonchev–Trinajstić information content (AvgIpc) is 2.86. The third-order valence-electron chi connectivity index (χ3n) is 5.49. The smallest absolute Gasteiger partial charge is 0.254 e. The second kappa shape index (κ2) is 13.2. The highest BCUT2D eigenvalue weighted by Crippen LogP contribution is 2.17. The van der Waals surface area contributed by atoms with Crippen LogP contribution in [0.1, 0.15) is 10.4 Å². The molecular formula is C25H34N2O6. The number of benzene rings is 2. The second-order valence-corrected chi connectivity index (χ2v) is 8.00. The number of hydrogen-bond acceptors (Lipinski definition) is 7. The van der Waals surface area contributed by atoms with Gasteiger partial charge in [-0.3, -0.25) is 9.69 Å². The summed E-state index contributed by atoms with van der Waals surface area (Å²) >= 11 is 0. The number of nitrogens with zero attached hydrogens (tertiary/aromatic N) is 2. The number of carbonyl (C=O) groups is 1. The molecule has 2 aromatic rings. The third-order valence-corrected chi connectivity index (χ3v) is 5.49. The van der Waals surface area contributed by atoms with Gasteiger partial charge in [-0.05, 0) is 36.4 Å². The molecule has 8 heteroatoms. The van der Waals surface area contributed by atoms with Crippen LogP contribution in [0.15, 0.2) is 54.6 Å². The van der Waals surface area contributed by atoms with E-state index in [1.54, 1.807) is 19.1 Å². The lowest BCUT2D eigenvalue weighted by atomic mass is 10.1. The van der Waals surface area contributed by atoms with Gasteiger partial charge < -0.3 is 29.0 Å². The van der Waals surface area contributed by atoms with Gasteiger partial charge in [-0.2, -0.15) is 0 Å². The van der Waals surface area contributed by atoms with Crippen molar-refractivity contribution in [2.24, 2.45) is 0 Å². The predicted molar refractivity (Wildman–Crippen MR) is 125 cm³/mol. The molecule has 0 spiro atoms. The third kappa shape index (κ3) is 8.01. The molecule has 1 heterocycles. The standard InChI is InChI=1S/C25H34N2O6/c1-30-14-13-27(25(29)20-6-4-3-5-7-20)18-24-17-26(12-15-32-24)16-21(28)19-33-23-10-8-22(31-2)9-11-23/h3-11,21,24,28H,12-19H2,1-2H3/t21-,24+/m1/s1. The van der Waals surface area contributed by atoms with Crippen LogP contribution in [0.2, 0.25) is 0 Å². The molecule has 2 aromatic carbocycles. The van der Waals surface area contributed by atoms with E-state index in [-0.39, 0.29) is 18.6 Å². The van der Waals surface area contributed by atoms with E-state index in [4.69, 9.17) is 18.9 Å². The zero-order valence-corrected chi connectivity index (χ0v) is 19.4. The SMILES string of the molecule is COCCN(C[C@@H]1CN(C[C@@H](O)COc2ccc(OC)cc2)CCO1)C(=O)c1ccccc1. The lowest BCUT2D eigenvalue weighted by molar-refractivity contribution is -0.0546. The molecule has 2 atom stereocenters. The minimum absolute atomic E-state index is 0.0405. The number of β-amino-alcohol motifs (C(OH)–C–C–N with tert-alkyl or cyclic N) is 1. The molecule has 0 radical (unpaired) electrons. The van der Waals surface area contributed by atoms with Crippen LogP contribution in [0.3, 0.4) is 0 Å². The van der Waals surface area contributed by atoms with Gasteiger partial charge in [0.2, 0.25) is 0 Å². The normalized spacial score (nSPS) is 17.4. The Morgan fingerprint density at radius 2 is 1.88 bits per heavy atom. The molecule has 0 bridgehead atoms. The van der Waals surface area contributed by atoms with Gasteiger partial charge in [-0.25, -0.2) is 0 Å². The highest BCUT2D eigenvalue weighted by atomic mass is 16.5. The van der Waals surface area contributed by atoms with Crippen molar-refractivity contribution in [2.75, 3.05) is 66.8 Å². The fourth-order valence-corrected chi connectivity index (χ4v) is 3.76. The first kappa shape index (κ1) is 25.0. The monoisotopic (exact) mass is 458 g/mol. The number of carbonyl (C=O) groups excluding carboxylic acids is 1. The Bertz CT molecular complexity index is 833. The predicted octanol–water partition coefficient (Wildman–Crippen LogP) is 1.92. The van der Waals surface area contributed by atoms with Crippen molar-refractivity contribution < 1.29 is 28.8 Å². The van der Waals surface area contributed by atoms with E-state index < -0.39 is 6.10 Å². The molecule has 1 amide bonds. The van der Waals surface area contributed by atoms with Crippen molar-refractivity contribution >= 4 is 5.91 Å². The van der Waals surface area contributed by atoms with E-state index >= 15 is 0 Å². The molecule has 0 aliphatic carbocycles.